The molecule has 0 aliphatic rings. The monoisotopic (exact) mass is 285 g/mol. The van der Waals surface area contributed by atoms with E-state index in [1.165, 1.54) is 16.7 Å². The van der Waals surface area contributed by atoms with Crippen LogP contribution in [0.2, 0.25) is 0 Å². The van der Waals surface area contributed by atoms with Crippen LogP contribution in [0.3, 0.4) is 0 Å². The van der Waals surface area contributed by atoms with Gasteiger partial charge in [0.05, 0.1) is 6.04 Å². The molecule has 21 heavy (non-hydrogen) atoms. The highest BCUT2D eigenvalue weighted by atomic mass is 19.1. The number of nitrogens with one attached hydrogen (secondary N) is 1. The van der Waals surface area contributed by atoms with Gasteiger partial charge in [0.15, 0.2) is 0 Å². The summed E-state index contributed by atoms with van der Waals surface area (Å²) in [5.41, 5.74) is 5.99. The third kappa shape index (κ3) is 3.51. The van der Waals surface area contributed by atoms with Crippen LogP contribution in [0.5, 0.6) is 0 Å². The van der Waals surface area contributed by atoms with Crippen molar-refractivity contribution in [1.29, 1.82) is 0 Å². The highest BCUT2D eigenvalue weighted by Crippen LogP contribution is 2.30. The molecule has 0 radical (unpaired) electrons. The van der Waals surface area contributed by atoms with E-state index in [0.29, 0.717) is 0 Å². The minimum atomic E-state index is -0.174. The van der Waals surface area contributed by atoms with Crippen LogP contribution in [0.4, 0.5) is 4.39 Å². The summed E-state index contributed by atoms with van der Waals surface area (Å²) in [7, 11) is 0. The van der Waals surface area contributed by atoms with Crippen molar-refractivity contribution in [2.75, 3.05) is 6.54 Å². The van der Waals surface area contributed by atoms with Gasteiger partial charge in [-0.05, 0) is 73.7 Å². The molecule has 0 aliphatic heterocycles. The first kappa shape index (κ1) is 15.7. The number of hydrogen-bond acceptors (Lipinski definition) is 1. The second kappa shape index (κ2) is 6.86. The maximum Gasteiger partial charge on any atom is 0.123 e. The number of aryl methyl sites for hydroxylation is 3. The van der Waals surface area contributed by atoms with Gasteiger partial charge in [-0.2, -0.15) is 0 Å². The van der Waals surface area contributed by atoms with E-state index in [1.807, 2.05) is 13.0 Å². The number of rotatable bonds is 5. The first-order valence-electron chi connectivity index (χ1n) is 7.60. The van der Waals surface area contributed by atoms with E-state index in [4.69, 9.17) is 0 Å². The number of benzene rings is 2. The van der Waals surface area contributed by atoms with Gasteiger partial charge in [0.2, 0.25) is 0 Å². The molecule has 2 rings (SSSR count). The third-order valence-electron chi connectivity index (χ3n) is 3.97. The molecule has 2 aromatic carbocycles. The zero-order chi connectivity index (χ0) is 15.4. The Morgan fingerprint density at radius 3 is 2.24 bits per heavy atom. The molecule has 1 nitrogen and oxygen atoms in total. The summed E-state index contributed by atoms with van der Waals surface area (Å²) in [5, 5.41) is 3.62. The lowest BCUT2D eigenvalue weighted by Crippen LogP contribution is -2.25. The smallest absolute Gasteiger partial charge is 0.123 e. The molecule has 2 heteroatoms. The maximum absolute atomic E-state index is 13.4. The molecule has 1 N–H and O–H groups in total. The first-order chi connectivity index (χ1) is 10.0. The average molecular weight is 285 g/mol. The van der Waals surface area contributed by atoms with Gasteiger partial charge in [-0.15, -0.1) is 0 Å². The van der Waals surface area contributed by atoms with E-state index in [2.05, 4.69) is 44.3 Å². The molecule has 1 atom stereocenters. The molecule has 112 valence electrons. The second-order valence-corrected chi connectivity index (χ2v) is 5.69. The van der Waals surface area contributed by atoms with Crippen molar-refractivity contribution in [3.05, 3.63) is 70.0 Å². The first-order valence-corrected chi connectivity index (χ1v) is 7.60. The van der Waals surface area contributed by atoms with Gasteiger partial charge < -0.3 is 5.32 Å². The molecule has 0 heterocycles. The molecule has 0 aromatic heterocycles. The Hall–Kier alpha value is -1.67. The van der Waals surface area contributed by atoms with E-state index in [0.717, 1.165) is 24.1 Å². The van der Waals surface area contributed by atoms with Gasteiger partial charge in [0.1, 0.15) is 5.82 Å². The van der Waals surface area contributed by atoms with Crippen LogP contribution < -0.4 is 5.32 Å². The lowest BCUT2D eigenvalue weighted by atomic mass is 9.89. The largest absolute Gasteiger partial charge is 0.306 e. The normalized spacial score (nSPS) is 12.4. The Kier molecular flexibility index (Phi) is 5.13. The lowest BCUT2D eigenvalue weighted by Gasteiger charge is -2.25. The molecular weight excluding hydrogens is 261 g/mol. The number of hydrogen-bond donors (Lipinski definition) is 1. The molecule has 0 amide bonds. The Balaban J connectivity index is 2.52. The van der Waals surface area contributed by atoms with Crippen molar-refractivity contribution in [1.82, 2.24) is 5.32 Å². The van der Waals surface area contributed by atoms with E-state index in [-0.39, 0.29) is 11.9 Å². The molecule has 0 aliphatic carbocycles. The minimum absolute atomic E-state index is 0.117. The zero-order valence-electron chi connectivity index (χ0n) is 13.3. The summed E-state index contributed by atoms with van der Waals surface area (Å²) < 4.78 is 13.4. The summed E-state index contributed by atoms with van der Waals surface area (Å²) in [4.78, 5) is 0. The molecule has 0 spiro atoms. The van der Waals surface area contributed by atoms with E-state index in [9.17, 15) is 4.39 Å². The van der Waals surface area contributed by atoms with Gasteiger partial charge in [-0.25, -0.2) is 4.39 Å². The molecular formula is C19H24FN. The second-order valence-electron chi connectivity index (χ2n) is 5.69. The molecule has 1 unspecified atom stereocenters. The van der Waals surface area contributed by atoms with E-state index in [1.54, 1.807) is 12.1 Å². The molecule has 2 aromatic rings. The fraction of sp³-hybridized carbons (Fsp3) is 0.368. The molecule has 0 fully saturated rings. The zero-order valence-corrected chi connectivity index (χ0v) is 13.3. The van der Waals surface area contributed by atoms with Crippen molar-refractivity contribution < 1.29 is 4.39 Å². The highest BCUT2D eigenvalue weighted by molar-refractivity contribution is 5.44. The van der Waals surface area contributed by atoms with Crippen LogP contribution in [-0.2, 0) is 0 Å². The SMILES string of the molecule is CCCNC(c1ccc(F)cc1C)c1c(C)cccc1C. The quantitative estimate of drug-likeness (QED) is 0.829. The van der Waals surface area contributed by atoms with Crippen molar-refractivity contribution in [3.63, 3.8) is 0 Å². The summed E-state index contributed by atoms with van der Waals surface area (Å²) in [6, 6.07) is 11.6. The average Bonchev–Trinajstić information content (AvgIpc) is 2.43. The van der Waals surface area contributed by atoms with Crippen LogP contribution in [0.15, 0.2) is 36.4 Å². The van der Waals surface area contributed by atoms with Crippen molar-refractivity contribution in [2.24, 2.45) is 0 Å². The van der Waals surface area contributed by atoms with Gasteiger partial charge in [-0.1, -0.05) is 31.2 Å². The Labute approximate surface area is 127 Å². The van der Waals surface area contributed by atoms with Gasteiger partial charge in [-0.3, -0.25) is 0 Å². The standard InChI is InChI=1S/C19H24FN/c1-5-11-21-19(17-10-9-16(20)12-15(17)4)18-13(2)7-6-8-14(18)3/h6-10,12,19,21H,5,11H2,1-4H3. The van der Waals surface area contributed by atoms with Crippen LogP contribution in [0.1, 0.15) is 47.2 Å². The maximum atomic E-state index is 13.4. The van der Waals surface area contributed by atoms with Crippen LogP contribution in [0.25, 0.3) is 0 Å². The molecule has 0 bridgehead atoms. The Morgan fingerprint density at radius 1 is 1.00 bits per heavy atom. The van der Waals surface area contributed by atoms with Crippen molar-refractivity contribution >= 4 is 0 Å². The predicted octanol–water partition coefficient (Wildman–Crippen LogP) is 4.84. The topological polar surface area (TPSA) is 12.0 Å². The minimum Gasteiger partial charge on any atom is -0.306 e. The highest BCUT2D eigenvalue weighted by Gasteiger charge is 2.19. The lowest BCUT2D eigenvalue weighted by molar-refractivity contribution is 0.586. The Morgan fingerprint density at radius 2 is 1.67 bits per heavy atom. The van der Waals surface area contributed by atoms with E-state index >= 15 is 0 Å². The number of halogens is 1. The van der Waals surface area contributed by atoms with Crippen LogP contribution >= 0.6 is 0 Å². The predicted molar refractivity (Wildman–Crippen MR) is 87.2 cm³/mol. The summed E-state index contributed by atoms with van der Waals surface area (Å²) in [6.45, 7) is 9.36. The van der Waals surface area contributed by atoms with Crippen molar-refractivity contribution in [3.8, 4) is 0 Å². The Bertz CT molecular complexity index is 599. The summed E-state index contributed by atoms with van der Waals surface area (Å²) in [6.07, 6.45) is 1.07. The fourth-order valence-corrected chi connectivity index (χ4v) is 2.90. The van der Waals surface area contributed by atoms with Gasteiger partial charge in [0, 0.05) is 0 Å². The molecule has 0 saturated carbocycles. The van der Waals surface area contributed by atoms with Crippen LogP contribution in [0, 0.1) is 26.6 Å². The van der Waals surface area contributed by atoms with Gasteiger partial charge >= 0.3 is 0 Å². The van der Waals surface area contributed by atoms with E-state index < -0.39 is 0 Å². The summed E-state index contributed by atoms with van der Waals surface area (Å²) >= 11 is 0. The molecule has 0 saturated heterocycles. The summed E-state index contributed by atoms with van der Waals surface area (Å²) in [5.74, 6) is -0.174. The van der Waals surface area contributed by atoms with Crippen molar-refractivity contribution in [2.45, 2.75) is 40.2 Å². The third-order valence-corrected chi connectivity index (χ3v) is 3.97. The van der Waals surface area contributed by atoms with Gasteiger partial charge in [0.25, 0.3) is 0 Å². The fourth-order valence-electron chi connectivity index (χ4n) is 2.90. The van der Waals surface area contributed by atoms with Crippen LogP contribution in [-0.4, -0.2) is 6.54 Å².